The third kappa shape index (κ3) is 49.7. The Morgan fingerprint density at radius 1 is 0.522 bits per heavy atom. The number of hydrogen-bond donors (Lipinski definition) is 1. The second-order valence-electron chi connectivity index (χ2n) is 19.3. The number of nitrogens with one attached hydrogen (secondary N) is 1. The van der Waals surface area contributed by atoms with E-state index in [1.54, 1.807) is 6.08 Å². The van der Waals surface area contributed by atoms with Crippen molar-refractivity contribution in [1.82, 2.24) is 5.32 Å². The van der Waals surface area contributed by atoms with Gasteiger partial charge in [-0.2, -0.15) is 0 Å². The summed E-state index contributed by atoms with van der Waals surface area (Å²) in [6.07, 6.45) is 64.0. The number of amides is 1. The van der Waals surface area contributed by atoms with Crippen LogP contribution in [0.25, 0.3) is 0 Å². The molecule has 3 unspecified atom stereocenters. The minimum atomic E-state index is -4.72. The fourth-order valence-corrected chi connectivity index (χ4v) is 7.98. The van der Waals surface area contributed by atoms with Gasteiger partial charge >= 0.3 is 5.97 Å². The summed E-state index contributed by atoms with van der Waals surface area (Å²) < 4.78 is 30.1. The van der Waals surface area contributed by atoms with Crippen molar-refractivity contribution in [2.75, 3.05) is 40.9 Å². The standard InChI is InChI=1S/C59H103N2O7P/c1-7-10-13-16-19-22-25-28-29-30-31-34-37-40-43-46-49-52-59(63)68-57(50-47-44-41-38-35-32-26-23-20-17-14-11-8-2)56(55-67-69(64,65)66-54-53-61(4,5)6)60-58(62)51-48-45-42-39-36-33-27-24-21-18-15-12-9-3/h10,13,19,22,28-29,31,33-34,36,40,42-43,45,47,50,56-57H,7-9,11-12,14-18,20-21,23-27,30,32,35,37-39,41,44,46,48-49,51-55H2,1-6H3,(H-,60,62,64,65)/b13-10-,22-19-,29-28-,34-31-,36-33-,43-40-,45-42+,50-47+. The van der Waals surface area contributed by atoms with Crippen LogP contribution in [0.4, 0.5) is 0 Å². The largest absolute Gasteiger partial charge is 0.756 e. The Morgan fingerprint density at radius 2 is 0.942 bits per heavy atom. The summed E-state index contributed by atoms with van der Waals surface area (Å²) in [6, 6.07) is -0.945. The number of phosphoric ester groups is 1. The minimum absolute atomic E-state index is 0.0446. The molecule has 0 heterocycles. The normalized spacial score (nSPS) is 14.6. The van der Waals surface area contributed by atoms with Gasteiger partial charge in [0, 0.05) is 12.8 Å². The molecular weight excluding hydrogens is 880 g/mol. The molecule has 0 saturated carbocycles. The van der Waals surface area contributed by atoms with Gasteiger partial charge in [0.05, 0.1) is 33.8 Å². The molecule has 1 N–H and O–H groups in total. The number of nitrogens with zero attached hydrogens (tertiary/aromatic N) is 1. The van der Waals surface area contributed by atoms with E-state index in [2.05, 4.69) is 105 Å². The highest BCUT2D eigenvalue weighted by Gasteiger charge is 2.27. The van der Waals surface area contributed by atoms with E-state index in [-0.39, 0.29) is 25.4 Å². The lowest BCUT2D eigenvalue weighted by atomic mass is 10.0. The highest BCUT2D eigenvalue weighted by molar-refractivity contribution is 7.45. The molecule has 0 aliphatic rings. The van der Waals surface area contributed by atoms with Gasteiger partial charge in [0.2, 0.25) is 5.91 Å². The van der Waals surface area contributed by atoms with E-state index in [9.17, 15) is 19.0 Å². The predicted octanol–water partition coefficient (Wildman–Crippen LogP) is 15.8. The first-order valence-electron chi connectivity index (χ1n) is 27.5. The number of hydrogen-bond acceptors (Lipinski definition) is 7. The average molecular weight is 983 g/mol. The van der Waals surface area contributed by atoms with E-state index < -0.39 is 32.5 Å². The molecule has 0 saturated heterocycles. The van der Waals surface area contributed by atoms with Crippen molar-refractivity contribution >= 4 is 19.7 Å². The van der Waals surface area contributed by atoms with Gasteiger partial charge in [-0.15, -0.1) is 0 Å². The highest BCUT2D eigenvalue weighted by Crippen LogP contribution is 2.38. The van der Waals surface area contributed by atoms with E-state index in [4.69, 9.17) is 13.8 Å². The maximum absolute atomic E-state index is 13.4. The van der Waals surface area contributed by atoms with Gasteiger partial charge in [0.1, 0.15) is 19.3 Å². The third-order valence-corrected chi connectivity index (χ3v) is 12.5. The number of quaternary nitrogens is 1. The van der Waals surface area contributed by atoms with Crippen LogP contribution in [0.3, 0.4) is 0 Å². The SMILES string of the molecule is CC/C=C\C/C=C\C/C=C\C/C=C\C/C=C\CCCC(=O)OC(/C=C/CCCCCCCCCCCCC)C(COP(=O)([O-])OCC[N+](C)(C)C)NC(=O)CC/C=C/C/C=C\CCCCCCCC. The first-order valence-corrected chi connectivity index (χ1v) is 29.0. The number of unbranched alkanes of at least 4 members (excludes halogenated alkanes) is 18. The number of likely N-dealkylation sites (N-methyl/N-ethyl adjacent to an activating group) is 1. The first-order chi connectivity index (χ1) is 33.4. The lowest BCUT2D eigenvalue weighted by molar-refractivity contribution is -0.870. The Hall–Kier alpha value is -3.07. The molecule has 10 heteroatoms. The minimum Gasteiger partial charge on any atom is -0.756 e. The smallest absolute Gasteiger partial charge is 0.306 e. The number of ether oxygens (including phenoxy) is 1. The molecule has 1 amide bonds. The van der Waals surface area contributed by atoms with Crippen LogP contribution in [0.5, 0.6) is 0 Å². The topological polar surface area (TPSA) is 114 Å². The van der Waals surface area contributed by atoms with Crippen molar-refractivity contribution in [3.63, 3.8) is 0 Å². The molecular formula is C59H103N2O7P. The number of carbonyl (C=O) groups is 2. The molecule has 0 fully saturated rings. The molecule has 9 nitrogen and oxygen atoms in total. The second kappa shape index (κ2) is 48.6. The predicted molar refractivity (Wildman–Crippen MR) is 293 cm³/mol. The zero-order valence-electron chi connectivity index (χ0n) is 45.0. The van der Waals surface area contributed by atoms with Crippen LogP contribution < -0.4 is 10.2 Å². The van der Waals surface area contributed by atoms with Crippen LogP contribution in [-0.4, -0.2) is 69.4 Å². The molecule has 0 bridgehead atoms. The second-order valence-corrected chi connectivity index (χ2v) is 20.8. The third-order valence-electron chi connectivity index (χ3n) is 11.5. The summed E-state index contributed by atoms with van der Waals surface area (Å²) in [5, 5.41) is 2.96. The Bertz CT molecular complexity index is 1510. The summed E-state index contributed by atoms with van der Waals surface area (Å²) in [5.41, 5.74) is 0. The molecule has 0 rings (SSSR count). The lowest BCUT2D eigenvalue weighted by Gasteiger charge is -2.30. The molecule has 0 spiro atoms. The van der Waals surface area contributed by atoms with Crippen molar-refractivity contribution in [3.05, 3.63) is 97.2 Å². The molecule has 0 aromatic rings. The molecule has 0 aromatic heterocycles. The van der Waals surface area contributed by atoms with Gasteiger partial charge in [-0.25, -0.2) is 0 Å². The van der Waals surface area contributed by atoms with E-state index in [1.807, 2.05) is 33.3 Å². The Morgan fingerprint density at radius 3 is 1.42 bits per heavy atom. The van der Waals surface area contributed by atoms with Crippen molar-refractivity contribution < 1.29 is 37.3 Å². The molecule has 3 atom stereocenters. The van der Waals surface area contributed by atoms with Crippen molar-refractivity contribution in [1.29, 1.82) is 0 Å². The molecule has 0 radical (unpaired) electrons. The summed E-state index contributed by atoms with van der Waals surface area (Å²) in [6.45, 7) is 6.61. The van der Waals surface area contributed by atoms with Gasteiger partial charge < -0.3 is 28.5 Å². The number of phosphoric acid groups is 1. The number of allylic oxidation sites excluding steroid dienone is 15. The summed E-state index contributed by atoms with van der Waals surface area (Å²) >= 11 is 0. The van der Waals surface area contributed by atoms with E-state index in [0.717, 1.165) is 70.6 Å². The van der Waals surface area contributed by atoms with Crippen molar-refractivity contribution in [2.45, 2.75) is 226 Å². The van der Waals surface area contributed by atoms with Gasteiger partial charge in [-0.1, -0.05) is 208 Å². The lowest BCUT2D eigenvalue weighted by Crippen LogP contribution is -2.47. The number of carbonyl (C=O) groups excluding carboxylic acids is 2. The summed E-state index contributed by atoms with van der Waals surface area (Å²) in [4.78, 5) is 39.7. The summed E-state index contributed by atoms with van der Waals surface area (Å²) in [7, 11) is 1.11. The Labute approximate surface area is 424 Å². The molecule has 0 aromatic carbocycles. The summed E-state index contributed by atoms with van der Waals surface area (Å²) in [5.74, 6) is -0.695. The van der Waals surface area contributed by atoms with Crippen LogP contribution in [0.1, 0.15) is 213 Å². The van der Waals surface area contributed by atoms with Crippen molar-refractivity contribution in [2.24, 2.45) is 0 Å². The molecule has 69 heavy (non-hydrogen) atoms. The zero-order chi connectivity index (χ0) is 50.8. The van der Waals surface area contributed by atoms with Crippen LogP contribution >= 0.6 is 7.82 Å². The monoisotopic (exact) mass is 983 g/mol. The van der Waals surface area contributed by atoms with Crippen LogP contribution in [-0.2, 0) is 27.9 Å². The van der Waals surface area contributed by atoms with E-state index >= 15 is 0 Å². The highest BCUT2D eigenvalue weighted by atomic mass is 31.2. The maximum atomic E-state index is 13.4. The van der Waals surface area contributed by atoms with Gasteiger partial charge in [0.25, 0.3) is 7.82 Å². The van der Waals surface area contributed by atoms with Crippen LogP contribution in [0.15, 0.2) is 97.2 Å². The Kier molecular flexibility index (Phi) is 46.4. The Balaban J connectivity index is 5.58. The number of rotatable bonds is 48. The maximum Gasteiger partial charge on any atom is 0.306 e. The fourth-order valence-electron chi connectivity index (χ4n) is 7.25. The average Bonchev–Trinajstić information content (AvgIpc) is 3.31. The first kappa shape index (κ1) is 65.9. The van der Waals surface area contributed by atoms with Crippen LogP contribution in [0, 0.1) is 0 Å². The van der Waals surface area contributed by atoms with E-state index in [1.165, 1.54) is 96.3 Å². The van der Waals surface area contributed by atoms with Gasteiger partial charge in [-0.3, -0.25) is 14.2 Å². The fraction of sp³-hybridized carbons (Fsp3) is 0.695. The molecule has 396 valence electrons. The van der Waals surface area contributed by atoms with Gasteiger partial charge in [0.15, 0.2) is 0 Å². The van der Waals surface area contributed by atoms with Crippen LogP contribution in [0.2, 0.25) is 0 Å². The zero-order valence-corrected chi connectivity index (χ0v) is 45.9. The van der Waals surface area contributed by atoms with Crippen molar-refractivity contribution in [3.8, 4) is 0 Å². The molecule has 0 aliphatic heterocycles. The molecule has 0 aliphatic carbocycles. The quantitative estimate of drug-likeness (QED) is 0.0212. The van der Waals surface area contributed by atoms with Gasteiger partial charge in [-0.05, 0) is 89.5 Å². The number of esters is 1. The van der Waals surface area contributed by atoms with E-state index in [0.29, 0.717) is 23.9 Å².